The molecule has 1 heterocycles. The number of rotatable bonds is 5. The molecule has 2 N–H and O–H groups in total. The Morgan fingerprint density at radius 3 is 2.50 bits per heavy atom. The van der Waals surface area contributed by atoms with Gasteiger partial charge in [-0.05, 0) is 30.3 Å². The van der Waals surface area contributed by atoms with Crippen molar-refractivity contribution in [3.05, 3.63) is 76.3 Å². The van der Waals surface area contributed by atoms with Gasteiger partial charge in [-0.2, -0.15) is 0 Å². The highest BCUT2D eigenvalue weighted by Gasteiger charge is 2.16. The summed E-state index contributed by atoms with van der Waals surface area (Å²) in [6, 6.07) is 12.5. The number of hydrogen-bond donors (Lipinski definition) is 2. The number of aromatic amines is 1. The Hall–Kier alpha value is -3.00. The van der Waals surface area contributed by atoms with E-state index in [0.29, 0.717) is 10.9 Å². The minimum atomic E-state index is -3.65. The first-order valence-electron chi connectivity index (χ1n) is 7.75. The smallest absolute Gasteiger partial charge is 0.252 e. The second-order valence-electron chi connectivity index (χ2n) is 5.62. The number of carbonyl (C=O) groups excluding carboxylic acids is 1. The average Bonchev–Trinajstić information content (AvgIpc) is 2.61. The number of fused-ring (bicyclic) bond motifs is 1. The van der Waals surface area contributed by atoms with Gasteiger partial charge in [0.25, 0.3) is 5.91 Å². The average molecular weight is 374 g/mol. The molecule has 26 heavy (non-hydrogen) atoms. The molecule has 0 saturated heterocycles. The number of pyridine rings is 1. The molecule has 0 aliphatic carbocycles. The maximum absolute atomic E-state index is 12.9. The van der Waals surface area contributed by atoms with E-state index in [-0.39, 0.29) is 22.8 Å². The predicted molar refractivity (Wildman–Crippen MR) is 95.4 cm³/mol. The fraction of sp³-hybridized carbons (Fsp3) is 0.111. The van der Waals surface area contributed by atoms with Gasteiger partial charge >= 0.3 is 0 Å². The Kier molecular flexibility index (Phi) is 4.85. The van der Waals surface area contributed by atoms with Crippen molar-refractivity contribution in [1.29, 1.82) is 0 Å². The summed E-state index contributed by atoms with van der Waals surface area (Å²) in [6.45, 7) is -0.139. The largest absolute Gasteiger partial charge is 0.351 e. The molecule has 3 rings (SSSR count). The van der Waals surface area contributed by atoms with Crippen LogP contribution in [0.2, 0.25) is 0 Å². The van der Waals surface area contributed by atoms with E-state index in [9.17, 15) is 22.4 Å². The maximum atomic E-state index is 12.9. The normalized spacial score (nSPS) is 11.4. The van der Waals surface area contributed by atoms with Crippen molar-refractivity contribution in [1.82, 2.24) is 10.3 Å². The molecule has 0 unspecified atom stereocenters. The van der Waals surface area contributed by atoms with Crippen LogP contribution in [-0.4, -0.2) is 31.6 Å². The number of aromatic nitrogens is 1. The topological polar surface area (TPSA) is 96.1 Å². The first kappa shape index (κ1) is 17.8. The summed E-state index contributed by atoms with van der Waals surface area (Å²) < 4.78 is 37.3. The number of carbonyl (C=O) groups is 1. The van der Waals surface area contributed by atoms with Crippen LogP contribution < -0.4 is 10.9 Å². The van der Waals surface area contributed by atoms with Gasteiger partial charge in [-0.15, -0.1) is 0 Å². The van der Waals surface area contributed by atoms with E-state index in [1.54, 1.807) is 24.3 Å². The zero-order valence-corrected chi connectivity index (χ0v) is 14.3. The van der Waals surface area contributed by atoms with Gasteiger partial charge in [0.2, 0.25) is 5.56 Å². The lowest BCUT2D eigenvalue weighted by molar-refractivity contribution is 0.0957. The van der Waals surface area contributed by atoms with Gasteiger partial charge in [0.15, 0.2) is 9.84 Å². The number of halogens is 1. The van der Waals surface area contributed by atoms with Crippen molar-refractivity contribution >= 4 is 26.6 Å². The zero-order chi connectivity index (χ0) is 18.7. The molecule has 8 heteroatoms. The Morgan fingerprint density at radius 2 is 1.77 bits per heavy atom. The molecule has 0 fully saturated rings. The molecule has 0 saturated carbocycles. The first-order chi connectivity index (χ1) is 12.4. The summed E-state index contributed by atoms with van der Waals surface area (Å²) in [5, 5.41) is 3.07. The van der Waals surface area contributed by atoms with Crippen LogP contribution in [0, 0.1) is 5.82 Å². The Labute approximate surface area is 148 Å². The molecule has 3 aromatic rings. The van der Waals surface area contributed by atoms with Crippen LogP contribution in [0.5, 0.6) is 0 Å². The third-order valence-electron chi connectivity index (χ3n) is 3.82. The van der Waals surface area contributed by atoms with E-state index in [0.717, 1.165) is 12.1 Å². The van der Waals surface area contributed by atoms with E-state index in [4.69, 9.17) is 0 Å². The fourth-order valence-electron chi connectivity index (χ4n) is 2.55. The van der Waals surface area contributed by atoms with Crippen LogP contribution in [0.1, 0.15) is 10.4 Å². The fourth-order valence-corrected chi connectivity index (χ4v) is 3.70. The van der Waals surface area contributed by atoms with Crippen LogP contribution in [0.4, 0.5) is 4.39 Å². The summed E-state index contributed by atoms with van der Waals surface area (Å²) in [5.74, 6) is -1.41. The highest BCUT2D eigenvalue weighted by atomic mass is 32.2. The Morgan fingerprint density at radius 1 is 1.08 bits per heavy atom. The van der Waals surface area contributed by atoms with Gasteiger partial charge in [0.05, 0.1) is 16.2 Å². The number of para-hydroxylation sites is 1. The van der Waals surface area contributed by atoms with Crippen molar-refractivity contribution in [2.45, 2.75) is 4.90 Å². The number of sulfone groups is 1. The molecule has 0 spiro atoms. The highest BCUT2D eigenvalue weighted by Crippen LogP contribution is 2.15. The van der Waals surface area contributed by atoms with Gasteiger partial charge in [0.1, 0.15) is 5.82 Å². The van der Waals surface area contributed by atoms with Gasteiger partial charge in [-0.25, -0.2) is 12.8 Å². The quantitative estimate of drug-likeness (QED) is 0.667. The predicted octanol–water partition coefficient (Wildman–Crippen LogP) is 1.87. The molecule has 1 amide bonds. The molecule has 134 valence electrons. The number of nitrogens with one attached hydrogen (secondary N) is 2. The van der Waals surface area contributed by atoms with E-state index in [1.807, 2.05) is 0 Å². The van der Waals surface area contributed by atoms with E-state index >= 15 is 0 Å². The second-order valence-corrected chi connectivity index (χ2v) is 7.73. The molecule has 0 radical (unpaired) electrons. The summed E-state index contributed by atoms with van der Waals surface area (Å²) in [7, 11) is -3.65. The second kappa shape index (κ2) is 7.09. The number of hydrogen-bond acceptors (Lipinski definition) is 4. The third kappa shape index (κ3) is 3.80. The van der Waals surface area contributed by atoms with E-state index in [2.05, 4.69) is 10.3 Å². The van der Waals surface area contributed by atoms with E-state index < -0.39 is 27.1 Å². The van der Waals surface area contributed by atoms with Crippen molar-refractivity contribution in [2.24, 2.45) is 0 Å². The van der Waals surface area contributed by atoms with Crippen molar-refractivity contribution in [3.8, 4) is 0 Å². The first-order valence-corrected chi connectivity index (χ1v) is 9.41. The van der Waals surface area contributed by atoms with Crippen LogP contribution in [0.15, 0.2) is 64.3 Å². The number of benzene rings is 2. The molecule has 0 bridgehead atoms. The van der Waals surface area contributed by atoms with Crippen LogP contribution in [-0.2, 0) is 9.84 Å². The highest BCUT2D eigenvalue weighted by molar-refractivity contribution is 7.91. The van der Waals surface area contributed by atoms with Crippen LogP contribution in [0.25, 0.3) is 10.9 Å². The van der Waals surface area contributed by atoms with Gasteiger partial charge in [0, 0.05) is 23.5 Å². The molecule has 0 atom stereocenters. The SMILES string of the molecule is O=C(NCCS(=O)(=O)c1ccc(F)cc1)c1cc(=O)[nH]c2ccccc12. The van der Waals surface area contributed by atoms with Crippen LogP contribution in [0.3, 0.4) is 0 Å². The molecular formula is C18H15FN2O4S. The lowest BCUT2D eigenvalue weighted by Crippen LogP contribution is -2.30. The minimum absolute atomic E-state index is 0.0187. The molecule has 0 aliphatic rings. The Balaban J connectivity index is 1.74. The minimum Gasteiger partial charge on any atom is -0.351 e. The molecular weight excluding hydrogens is 359 g/mol. The lowest BCUT2D eigenvalue weighted by Gasteiger charge is -2.08. The maximum Gasteiger partial charge on any atom is 0.252 e. The summed E-state index contributed by atoms with van der Waals surface area (Å²) in [4.78, 5) is 26.7. The van der Waals surface area contributed by atoms with Crippen molar-refractivity contribution in [2.75, 3.05) is 12.3 Å². The molecule has 2 aromatic carbocycles. The van der Waals surface area contributed by atoms with Crippen molar-refractivity contribution < 1.29 is 17.6 Å². The standard InChI is InChI=1S/C18H15FN2O4S/c19-12-5-7-13(8-6-12)26(24,25)10-9-20-18(23)15-11-17(22)21-16-4-2-1-3-14(15)16/h1-8,11H,9-10H2,(H,20,23)(H,21,22). The van der Waals surface area contributed by atoms with Gasteiger partial charge in [-0.1, -0.05) is 18.2 Å². The monoisotopic (exact) mass is 374 g/mol. The number of amides is 1. The summed E-state index contributed by atoms with van der Waals surface area (Å²) >= 11 is 0. The zero-order valence-electron chi connectivity index (χ0n) is 13.5. The molecule has 0 aliphatic heterocycles. The third-order valence-corrected chi connectivity index (χ3v) is 5.56. The van der Waals surface area contributed by atoms with Crippen molar-refractivity contribution in [3.63, 3.8) is 0 Å². The lowest BCUT2D eigenvalue weighted by atomic mass is 10.1. The number of H-pyrrole nitrogens is 1. The van der Waals surface area contributed by atoms with Crippen LogP contribution >= 0.6 is 0 Å². The van der Waals surface area contributed by atoms with Gasteiger partial charge in [-0.3, -0.25) is 9.59 Å². The Bertz CT molecular complexity index is 1120. The summed E-state index contributed by atoms with van der Waals surface area (Å²) in [5.41, 5.74) is 0.264. The van der Waals surface area contributed by atoms with E-state index in [1.165, 1.54) is 18.2 Å². The molecule has 6 nitrogen and oxygen atoms in total. The van der Waals surface area contributed by atoms with Gasteiger partial charge < -0.3 is 10.3 Å². The molecule has 1 aromatic heterocycles. The summed E-state index contributed by atoms with van der Waals surface area (Å²) in [6.07, 6.45) is 0.